The predicted molar refractivity (Wildman–Crippen MR) is 143 cm³/mol. The van der Waals surface area contributed by atoms with Gasteiger partial charge in [-0.2, -0.15) is 0 Å². The molecule has 0 bridgehead atoms. The highest BCUT2D eigenvalue weighted by Crippen LogP contribution is 2.11. The van der Waals surface area contributed by atoms with Gasteiger partial charge >= 0.3 is 0 Å². The molecule has 0 atom stereocenters. The summed E-state index contributed by atoms with van der Waals surface area (Å²) < 4.78 is 14.1. The summed E-state index contributed by atoms with van der Waals surface area (Å²) in [6.07, 6.45) is 0. The van der Waals surface area contributed by atoms with Crippen LogP contribution in [-0.2, 0) is 0 Å². The van der Waals surface area contributed by atoms with Crippen LogP contribution in [0.15, 0.2) is 0 Å². The summed E-state index contributed by atoms with van der Waals surface area (Å²) in [7, 11) is 0. The van der Waals surface area contributed by atoms with Gasteiger partial charge in [0.25, 0.3) is 0 Å². The Kier molecular flexibility index (Phi) is 13.6. The molecule has 0 spiro atoms. The van der Waals surface area contributed by atoms with E-state index in [-0.39, 0.29) is 0 Å². The van der Waals surface area contributed by atoms with Crippen LogP contribution >= 0.6 is 145 Å². The number of hydrogen-bond donors (Lipinski definition) is 8. The molecule has 1 aliphatic heterocycles. The first-order valence-electron chi connectivity index (χ1n) is 6.39. The normalized spacial score (nSPS) is 11.9. The first-order valence-corrected chi connectivity index (χ1v) is 13.1. The number of rotatable bonds is 0. The van der Waals surface area contributed by atoms with Crippen LogP contribution in [0.4, 0.5) is 0 Å². The molecule has 1 fully saturated rings. The minimum absolute atomic E-state index is 0.606. The molecule has 0 aromatic carbocycles. The molecule has 3 aromatic rings. The van der Waals surface area contributed by atoms with Crippen LogP contribution in [0.2, 0.25) is 0 Å². The van der Waals surface area contributed by atoms with Crippen molar-refractivity contribution in [2.75, 3.05) is 5.88 Å². The molecule has 4 rings (SSSR count). The Morgan fingerprint density at radius 3 is 1.64 bits per heavy atom. The lowest BCUT2D eigenvalue weighted by Gasteiger charge is -2.01. The Balaban J connectivity index is 0.000000187. The number of thiocarbonyl (C=S) groups is 1. The molecule has 0 unspecified atom stereocenters. The van der Waals surface area contributed by atoms with Crippen molar-refractivity contribution in [1.82, 2.24) is 38.2 Å². The molecule has 28 heavy (non-hydrogen) atoms. The quantitative estimate of drug-likeness (QED) is 0.0858. The van der Waals surface area contributed by atoms with Crippen molar-refractivity contribution in [2.24, 2.45) is 0 Å². The summed E-state index contributed by atoms with van der Waals surface area (Å²) in [6, 6.07) is 0. The third-order valence-corrected chi connectivity index (χ3v) is 7.99. The molecule has 0 aliphatic carbocycles. The molecule has 4 heterocycles. The fourth-order valence-corrected chi connectivity index (χ4v) is 5.03. The lowest BCUT2D eigenvalue weighted by molar-refractivity contribution is 0.849. The van der Waals surface area contributed by atoms with Gasteiger partial charge in [-0.1, -0.05) is 48.6 Å². The fraction of sp³-hybridized carbons (Fsp3) is 0.125. The van der Waals surface area contributed by atoms with Gasteiger partial charge in [0.15, 0.2) is 21.7 Å². The fourth-order valence-electron chi connectivity index (χ4n) is 0.956. The van der Waals surface area contributed by atoms with Gasteiger partial charge in [-0.05, 0) is 96.1 Å². The zero-order valence-corrected chi connectivity index (χ0v) is 23.0. The lowest BCUT2D eigenvalue weighted by Crippen LogP contribution is -2.17. The minimum atomic E-state index is 0.606. The van der Waals surface area contributed by atoms with E-state index in [1.165, 1.54) is 34.4 Å². The number of nitrogens with zero attached hydrogens (tertiary/aromatic N) is 1. The summed E-state index contributed by atoms with van der Waals surface area (Å²) in [5, 5.41) is 8.72. The first kappa shape index (κ1) is 26.4. The molecule has 7 N–H and O–H groups in total. The number of H-pyrrole nitrogens is 6. The van der Waals surface area contributed by atoms with Crippen molar-refractivity contribution in [2.45, 2.75) is 0 Å². The van der Waals surface area contributed by atoms with Crippen LogP contribution in [0, 0.1) is 25.1 Å². The molecule has 1 saturated heterocycles. The molecule has 3 aromatic heterocycles. The van der Waals surface area contributed by atoms with Crippen molar-refractivity contribution < 1.29 is 0 Å². The molecule has 0 radical (unpaired) electrons. The van der Waals surface area contributed by atoms with Gasteiger partial charge in [-0.15, -0.1) is 0 Å². The summed E-state index contributed by atoms with van der Waals surface area (Å²) in [4.78, 5) is 2.73. The maximum Gasteiger partial charge on any atom is 0.189 e. The van der Waals surface area contributed by atoms with E-state index in [2.05, 4.69) is 58.9 Å². The summed E-state index contributed by atoms with van der Waals surface area (Å²) in [5.41, 5.74) is 0. The van der Waals surface area contributed by atoms with Crippen molar-refractivity contribution in [3.8, 4) is 0 Å². The van der Waals surface area contributed by atoms with E-state index in [1.807, 2.05) is 0 Å². The molecule has 8 nitrogen and oxygen atoms in total. The summed E-state index contributed by atoms with van der Waals surface area (Å²) in [5.74, 6) is 0.835. The van der Waals surface area contributed by atoms with Crippen molar-refractivity contribution >= 4 is 150 Å². The van der Waals surface area contributed by atoms with E-state index in [0.29, 0.717) is 26.4 Å². The molecular weight excluding hydrogens is 593 g/mol. The average molecular weight is 603 g/mol. The second-order valence-corrected chi connectivity index (χ2v) is 11.7. The zero-order chi connectivity index (χ0) is 21.1. The van der Waals surface area contributed by atoms with Gasteiger partial charge in [-0.25, -0.2) is 0 Å². The lowest BCUT2D eigenvalue weighted by atomic mass is 11.0. The largest absolute Gasteiger partial charge is 0.313 e. The van der Waals surface area contributed by atoms with Crippen LogP contribution < -0.4 is 4.72 Å². The van der Waals surface area contributed by atoms with Crippen molar-refractivity contribution in [3.05, 3.63) is 25.1 Å². The zero-order valence-electron chi connectivity index (χ0n) is 13.1. The summed E-state index contributed by atoms with van der Waals surface area (Å²) >= 11 is 42.5. The average Bonchev–Trinajstić information content (AvgIpc) is 3.39. The minimum Gasteiger partial charge on any atom is -0.313 e. The first-order chi connectivity index (χ1) is 13.2. The Morgan fingerprint density at radius 1 is 0.857 bits per heavy atom. The number of aromatic amines is 6. The van der Waals surface area contributed by atoms with Crippen LogP contribution in [0.1, 0.15) is 0 Å². The Labute approximate surface area is 216 Å². The monoisotopic (exact) mass is 602 g/mol. The van der Waals surface area contributed by atoms with Gasteiger partial charge in [0.2, 0.25) is 0 Å². The van der Waals surface area contributed by atoms with Crippen LogP contribution in [0.5, 0.6) is 0 Å². The summed E-state index contributed by atoms with van der Waals surface area (Å²) in [6.45, 7) is 0. The van der Waals surface area contributed by atoms with Crippen LogP contribution in [0.25, 0.3) is 0 Å². The predicted octanol–water partition coefficient (Wildman–Crippen LogP) is 6.22. The molecule has 0 amide bonds. The van der Waals surface area contributed by atoms with E-state index in [0.717, 1.165) is 9.70 Å². The third-order valence-electron chi connectivity index (χ3n) is 1.98. The number of hydrogen-bond acceptors (Lipinski definition) is 12. The Morgan fingerprint density at radius 2 is 1.50 bits per heavy atom. The van der Waals surface area contributed by atoms with Gasteiger partial charge in [0, 0.05) is 0 Å². The van der Waals surface area contributed by atoms with Crippen LogP contribution in [-0.4, -0.2) is 44.4 Å². The van der Waals surface area contributed by atoms with Gasteiger partial charge in [0.1, 0.15) is 8.46 Å². The van der Waals surface area contributed by atoms with Crippen molar-refractivity contribution in [3.63, 3.8) is 0 Å². The molecular formula is C8H10N8S12. The van der Waals surface area contributed by atoms with E-state index < -0.39 is 0 Å². The highest BCUT2D eigenvalue weighted by molar-refractivity contribution is 8.00. The second-order valence-electron chi connectivity index (χ2n) is 3.90. The smallest absolute Gasteiger partial charge is 0.189 e. The van der Waals surface area contributed by atoms with E-state index >= 15 is 0 Å². The molecule has 154 valence electrons. The maximum atomic E-state index is 4.76. The van der Waals surface area contributed by atoms with Gasteiger partial charge in [-0.3, -0.25) is 28.5 Å². The van der Waals surface area contributed by atoms with Crippen LogP contribution in [0.3, 0.4) is 0 Å². The number of thiol groups is 1. The second kappa shape index (κ2) is 14.4. The molecule has 0 saturated carbocycles. The maximum absolute atomic E-state index is 4.76. The van der Waals surface area contributed by atoms with E-state index in [1.54, 1.807) is 16.3 Å². The van der Waals surface area contributed by atoms with E-state index in [9.17, 15) is 0 Å². The molecule has 20 heteroatoms. The SMILES string of the molecule is S=C1NSCN1S.S=c1[nH][nH]c(=S)s1.S=c1[nH][nH]sc1=S.S=c1[nH]sc(=S)[nH]1. The highest BCUT2D eigenvalue weighted by Gasteiger charge is 2.11. The Bertz CT molecular complexity index is 1050. The highest BCUT2D eigenvalue weighted by atomic mass is 32.2. The number of aromatic nitrogens is 6. The topological polar surface area (TPSA) is 110 Å². The van der Waals surface area contributed by atoms with Crippen molar-refractivity contribution in [1.29, 1.82) is 0 Å². The third kappa shape index (κ3) is 11.5. The number of nitrogens with one attached hydrogen (secondary N) is 7. The standard InChI is InChI=1S/C2H4N2S3.3C2H2N2S3/c5-2-3-7-1-4(2)6;5-1-3-4-2(6)7-1;5-1-3-2(6)7-4-1;5-1-2(6)7-4-3-1/h6H,1H2,(H,3,5);(H,3,5)(H,4,6);(H2,3,4,5,6);4H,(H,3,5). The Hall–Kier alpha value is 0.390. The van der Waals surface area contributed by atoms with Gasteiger partial charge < -0.3 is 9.71 Å². The molecule has 1 aliphatic rings. The van der Waals surface area contributed by atoms with E-state index in [4.69, 9.17) is 73.3 Å². The van der Waals surface area contributed by atoms with Gasteiger partial charge in [0.05, 0.1) is 5.88 Å².